The van der Waals surface area contributed by atoms with E-state index < -0.39 is 10.0 Å². The van der Waals surface area contributed by atoms with Crippen LogP contribution in [-0.4, -0.2) is 46.6 Å². The standard InChI is InChI=1S/C12H23NO4S/c1-8(2)7-18(14,15)13-11-9-4-5-17-12(9)10(11)6-16-3/h8-13H,4-7H2,1-3H3/t9-,10+,11+,12-/m1/s1. The van der Waals surface area contributed by atoms with Crippen molar-refractivity contribution in [2.24, 2.45) is 17.8 Å². The average Bonchev–Trinajstić information content (AvgIpc) is 2.65. The largest absolute Gasteiger partial charge is 0.384 e. The van der Waals surface area contributed by atoms with Crippen molar-refractivity contribution >= 4 is 10.0 Å². The number of fused-ring (bicyclic) bond motifs is 1. The molecular weight excluding hydrogens is 254 g/mol. The molecule has 1 aliphatic carbocycles. The second kappa shape index (κ2) is 5.45. The molecule has 2 fully saturated rings. The van der Waals surface area contributed by atoms with E-state index in [1.807, 2.05) is 13.8 Å². The quantitative estimate of drug-likeness (QED) is 0.772. The van der Waals surface area contributed by atoms with Gasteiger partial charge in [-0.25, -0.2) is 13.1 Å². The van der Waals surface area contributed by atoms with Crippen LogP contribution in [0, 0.1) is 17.8 Å². The lowest BCUT2D eigenvalue weighted by atomic mass is 9.68. The lowest BCUT2D eigenvalue weighted by molar-refractivity contribution is -0.0775. The molecule has 6 heteroatoms. The van der Waals surface area contributed by atoms with Crippen LogP contribution in [0.3, 0.4) is 0 Å². The Labute approximate surface area is 109 Å². The summed E-state index contributed by atoms with van der Waals surface area (Å²) in [6.07, 6.45) is 1.12. The average molecular weight is 277 g/mol. The number of sulfonamides is 1. The maximum Gasteiger partial charge on any atom is 0.212 e. The lowest BCUT2D eigenvalue weighted by Gasteiger charge is -2.47. The van der Waals surface area contributed by atoms with Crippen molar-refractivity contribution in [1.29, 1.82) is 0 Å². The summed E-state index contributed by atoms with van der Waals surface area (Å²) in [5.74, 6) is 0.803. The first kappa shape index (κ1) is 14.2. The summed E-state index contributed by atoms with van der Waals surface area (Å²) in [4.78, 5) is 0. The highest BCUT2D eigenvalue weighted by atomic mass is 32.2. The molecule has 2 rings (SSSR count). The van der Waals surface area contributed by atoms with E-state index in [0.717, 1.165) is 13.0 Å². The molecule has 1 saturated heterocycles. The third-order valence-corrected chi connectivity index (χ3v) is 5.49. The molecule has 1 aliphatic heterocycles. The van der Waals surface area contributed by atoms with Gasteiger partial charge in [-0.15, -0.1) is 0 Å². The molecule has 0 amide bonds. The number of ether oxygens (including phenoxy) is 2. The Morgan fingerprint density at radius 2 is 2.17 bits per heavy atom. The van der Waals surface area contributed by atoms with Gasteiger partial charge in [-0.2, -0.15) is 0 Å². The Bertz CT molecular complexity index is 382. The summed E-state index contributed by atoms with van der Waals surface area (Å²) < 4.78 is 37.6. The van der Waals surface area contributed by atoms with Crippen molar-refractivity contribution in [2.75, 3.05) is 26.1 Å². The van der Waals surface area contributed by atoms with Crippen molar-refractivity contribution in [2.45, 2.75) is 32.4 Å². The molecule has 1 saturated carbocycles. The van der Waals surface area contributed by atoms with Gasteiger partial charge < -0.3 is 9.47 Å². The van der Waals surface area contributed by atoms with Crippen molar-refractivity contribution in [3.63, 3.8) is 0 Å². The third kappa shape index (κ3) is 2.87. The van der Waals surface area contributed by atoms with Gasteiger partial charge in [0.25, 0.3) is 0 Å². The number of methoxy groups -OCH3 is 1. The van der Waals surface area contributed by atoms with E-state index in [9.17, 15) is 8.42 Å². The van der Waals surface area contributed by atoms with Crippen molar-refractivity contribution in [3.05, 3.63) is 0 Å². The highest BCUT2D eigenvalue weighted by Gasteiger charge is 2.54. The van der Waals surface area contributed by atoms with Crippen molar-refractivity contribution in [3.8, 4) is 0 Å². The minimum atomic E-state index is -3.19. The van der Waals surface area contributed by atoms with Gasteiger partial charge in [0.15, 0.2) is 0 Å². The van der Waals surface area contributed by atoms with Gasteiger partial charge in [0, 0.05) is 31.6 Å². The summed E-state index contributed by atoms with van der Waals surface area (Å²) in [5.41, 5.74) is 0. The van der Waals surface area contributed by atoms with E-state index in [2.05, 4.69) is 4.72 Å². The van der Waals surface area contributed by atoms with E-state index in [0.29, 0.717) is 12.5 Å². The fraction of sp³-hybridized carbons (Fsp3) is 1.00. The predicted octanol–water partition coefficient (Wildman–Crippen LogP) is 0.612. The Morgan fingerprint density at radius 3 is 2.78 bits per heavy atom. The van der Waals surface area contributed by atoms with Gasteiger partial charge in [0.05, 0.1) is 18.5 Å². The monoisotopic (exact) mass is 277 g/mol. The molecule has 0 aromatic carbocycles. The molecule has 4 atom stereocenters. The Morgan fingerprint density at radius 1 is 1.44 bits per heavy atom. The van der Waals surface area contributed by atoms with Gasteiger partial charge in [0.1, 0.15) is 0 Å². The lowest BCUT2D eigenvalue weighted by Crippen LogP contribution is -2.63. The zero-order valence-corrected chi connectivity index (χ0v) is 12.1. The zero-order valence-electron chi connectivity index (χ0n) is 11.3. The minimum Gasteiger partial charge on any atom is -0.384 e. The maximum absolute atomic E-state index is 12.0. The van der Waals surface area contributed by atoms with E-state index >= 15 is 0 Å². The van der Waals surface area contributed by atoms with Crippen LogP contribution in [0.2, 0.25) is 0 Å². The molecule has 1 heterocycles. The first-order chi connectivity index (χ1) is 8.44. The van der Waals surface area contributed by atoms with E-state index in [1.54, 1.807) is 7.11 Å². The van der Waals surface area contributed by atoms with E-state index in [4.69, 9.17) is 9.47 Å². The van der Waals surface area contributed by atoms with Crippen LogP contribution in [0.1, 0.15) is 20.3 Å². The first-order valence-corrected chi connectivity index (χ1v) is 8.20. The zero-order chi connectivity index (χ0) is 13.3. The summed E-state index contributed by atoms with van der Waals surface area (Å²) in [7, 11) is -1.55. The molecule has 2 aliphatic rings. The second-order valence-corrected chi connectivity index (χ2v) is 7.52. The summed E-state index contributed by atoms with van der Waals surface area (Å²) in [6, 6.07) is -0.0128. The van der Waals surface area contributed by atoms with Crippen LogP contribution in [0.4, 0.5) is 0 Å². The summed E-state index contributed by atoms with van der Waals surface area (Å²) in [5, 5.41) is 0. The number of rotatable bonds is 6. The van der Waals surface area contributed by atoms with E-state index in [1.165, 1.54) is 0 Å². The number of hydrogen-bond acceptors (Lipinski definition) is 4. The van der Waals surface area contributed by atoms with Crippen LogP contribution < -0.4 is 4.72 Å². The molecule has 0 aromatic heterocycles. The van der Waals surface area contributed by atoms with Crippen molar-refractivity contribution < 1.29 is 17.9 Å². The predicted molar refractivity (Wildman–Crippen MR) is 68.8 cm³/mol. The highest BCUT2D eigenvalue weighted by Crippen LogP contribution is 2.44. The van der Waals surface area contributed by atoms with E-state index in [-0.39, 0.29) is 29.7 Å². The Hall–Kier alpha value is -0.170. The molecule has 0 spiro atoms. The fourth-order valence-corrected chi connectivity index (χ4v) is 4.83. The van der Waals surface area contributed by atoms with Gasteiger partial charge in [-0.3, -0.25) is 0 Å². The molecular formula is C12H23NO4S. The number of nitrogens with one attached hydrogen (secondary N) is 1. The maximum atomic E-state index is 12.0. The molecule has 5 nitrogen and oxygen atoms in total. The Kier molecular flexibility index (Phi) is 4.31. The normalized spacial score (nSPS) is 35.6. The first-order valence-electron chi connectivity index (χ1n) is 6.55. The SMILES string of the molecule is COC[C@H]1[C@@H](NS(=O)(=O)CC(C)C)[C@H]2CCO[C@H]21. The van der Waals surface area contributed by atoms with Gasteiger partial charge in [0.2, 0.25) is 10.0 Å². The fourth-order valence-electron chi connectivity index (χ4n) is 3.09. The molecule has 18 heavy (non-hydrogen) atoms. The molecule has 0 unspecified atom stereocenters. The summed E-state index contributed by atoms with van der Waals surface area (Å²) >= 11 is 0. The van der Waals surface area contributed by atoms with Crippen molar-refractivity contribution in [1.82, 2.24) is 4.72 Å². The molecule has 1 N–H and O–H groups in total. The van der Waals surface area contributed by atoms with Crippen LogP contribution in [0.25, 0.3) is 0 Å². The van der Waals surface area contributed by atoms with Crippen LogP contribution >= 0.6 is 0 Å². The molecule has 106 valence electrons. The second-order valence-electron chi connectivity index (χ2n) is 5.73. The molecule has 0 aromatic rings. The van der Waals surface area contributed by atoms with Gasteiger partial charge in [-0.05, 0) is 12.3 Å². The van der Waals surface area contributed by atoms with Crippen LogP contribution in [-0.2, 0) is 19.5 Å². The third-order valence-electron chi connectivity index (χ3n) is 3.76. The van der Waals surface area contributed by atoms with Crippen LogP contribution in [0.15, 0.2) is 0 Å². The topological polar surface area (TPSA) is 64.6 Å². The van der Waals surface area contributed by atoms with Crippen LogP contribution in [0.5, 0.6) is 0 Å². The Balaban J connectivity index is 1.99. The smallest absolute Gasteiger partial charge is 0.212 e. The summed E-state index contributed by atoms with van der Waals surface area (Å²) in [6.45, 7) is 5.11. The molecule has 0 bridgehead atoms. The highest BCUT2D eigenvalue weighted by molar-refractivity contribution is 7.89. The van der Waals surface area contributed by atoms with Gasteiger partial charge >= 0.3 is 0 Å². The number of hydrogen-bond donors (Lipinski definition) is 1. The molecule has 0 radical (unpaired) electrons. The minimum absolute atomic E-state index is 0.0128. The van der Waals surface area contributed by atoms with Gasteiger partial charge in [-0.1, -0.05) is 13.8 Å².